The number of ether oxygens (including phenoxy) is 2. The molecule has 19 heteroatoms. The van der Waals surface area contributed by atoms with E-state index in [4.69, 9.17) is 14.6 Å². The maximum atomic E-state index is 13.0. The van der Waals surface area contributed by atoms with Gasteiger partial charge >= 0.3 is 23.9 Å². The number of benzene rings is 2. The number of aliphatic carboxylic acids is 2. The van der Waals surface area contributed by atoms with Crippen molar-refractivity contribution in [3.8, 4) is 0 Å². The number of nitrogens with zero attached hydrogens (tertiary/aromatic N) is 3. The lowest BCUT2D eigenvalue weighted by atomic mass is 10.0. The summed E-state index contributed by atoms with van der Waals surface area (Å²) in [4.78, 5) is 99.2. The highest BCUT2D eigenvalue weighted by Crippen LogP contribution is 2.16. The summed E-state index contributed by atoms with van der Waals surface area (Å²) < 4.78 is 9.77. The number of carboxylic acids is 3. The van der Waals surface area contributed by atoms with Crippen LogP contribution in [0.15, 0.2) is 53.5 Å². The predicted molar refractivity (Wildman–Crippen MR) is 171 cm³/mol. The molecule has 1 unspecified atom stereocenters. The van der Waals surface area contributed by atoms with Gasteiger partial charge < -0.3 is 35.4 Å². The molecule has 2 aromatic carbocycles. The average Bonchev–Trinajstić information content (AvgIpc) is 3.08. The highest BCUT2D eigenvalue weighted by Gasteiger charge is 2.23. The van der Waals surface area contributed by atoms with E-state index in [1.54, 1.807) is 0 Å². The van der Waals surface area contributed by atoms with E-state index in [1.807, 2.05) is 0 Å². The van der Waals surface area contributed by atoms with Crippen molar-refractivity contribution in [2.24, 2.45) is 0 Å². The normalized spacial score (nSPS) is 11.3. The predicted octanol–water partition coefficient (Wildman–Crippen LogP) is 1.13. The third-order valence-corrected chi connectivity index (χ3v) is 6.82. The van der Waals surface area contributed by atoms with Crippen LogP contribution in [0.5, 0.6) is 0 Å². The number of carboxylic acid groups (broad SMARTS) is 3. The van der Waals surface area contributed by atoms with E-state index in [2.05, 4.69) is 35.9 Å². The largest absolute Gasteiger partial charge is 0.481 e. The number of hydrogen-bond acceptors (Lipinski definition) is 13. The molecule has 4 aromatic rings. The molecular formula is C31H29N7O12. The number of carbonyl (C=O) groups excluding carboxylic acids is 3. The van der Waals surface area contributed by atoms with Gasteiger partial charge in [-0.25, -0.2) is 24.4 Å². The second-order valence-electron chi connectivity index (χ2n) is 10.3. The summed E-state index contributed by atoms with van der Waals surface area (Å²) in [6.07, 6.45) is 0.613. The van der Waals surface area contributed by atoms with Crippen LogP contribution in [0.25, 0.3) is 11.2 Å². The molecule has 1 atom stereocenters. The average molecular weight is 692 g/mol. The van der Waals surface area contributed by atoms with Crippen molar-refractivity contribution in [2.75, 3.05) is 31.0 Å². The standard InChI is InChI=1S/C31H29N7O12/c1-49-10-11-50-30(48)16-4-7-19(20(12-16)28(44)45)26(42)37-31-36-24-23(27(43)38-31)34-18(14-33-24)13-32-17-5-2-15(3-6-17)25(41)35-21(29(46)47)8-9-22(39)40/h2-7,12,14,21,32H,8-11,13H2,1H3,(H,35,41)(H,39,40)(H,44,45)(H,46,47)(H2,33,36,37,38,42,43). The molecule has 19 nitrogen and oxygen atoms in total. The Bertz CT molecular complexity index is 2010. The molecule has 0 spiro atoms. The van der Waals surface area contributed by atoms with Crippen molar-refractivity contribution in [1.82, 2.24) is 25.3 Å². The summed E-state index contributed by atoms with van der Waals surface area (Å²) >= 11 is 0. The molecule has 7 N–H and O–H groups in total. The summed E-state index contributed by atoms with van der Waals surface area (Å²) in [5, 5.41) is 35.3. The zero-order chi connectivity index (χ0) is 36.4. The van der Waals surface area contributed by atoms with E-state index in [1.165, 1.54) is 43.6 Å². The number of aromatic carboxylic acids is 1. The number of H-pyrrole nitrogens is 1. The fraction of sp³-hybridized carbons (Fsp3) is 0.226. The maximum absolute atomic E-state index is 13.0. The van der Waals surface area contributed by atoms with E-state index >= 15 is 0 Å². The van der Waals surface area contributed by atoms with E-state index < -0.39 is 59.3 Å². The smallest absolute Gasteiger partial charge is 0.338 e. The molecule has 0 radical (unpaired) electrons. The van der Waals surface area contributed by atoms with Crippen LogP contribution < -0.4 is 21.5 Å². The minimum atomic E-state index is -1.49. The number of fused-ring (bicyclic) bond motifs is 1. The maximum Gasteiger partial charge on any atom is 0.338 e. The zero-order valence-corrected chi connectivity index (χ0v) is 26.1. The fourth-order valence-corrected chi connectivity index (χ4v) is 4.32. The van der Waals surface area contributed by atoms with E-state index in [0.717, 1.165) is 12.1 Å². The number of aromatic amines is 1. The molecule has 2 heterocycles. The molecule has 260 valence electrons. The van der Waals surface area contributed by atoms with Gasteiger partial charge in [0.15, 0.2) is 11.2 Å². The molecule has 0 aliphatic heterocycles. The number of esters is 1. The number of amides is 2. The summed E-state index contributed by atoms with van der Waals surface area (Å²) in [5.74, 6) is -6.84. The van der Waals surface area contributed by atoms with Gasteiger partial charge in [0.2, 0.25) is 5.95 Å². The minimum Gasteiger partial charge on any atom is -0.481 e. The van der Waals surface area contributed by atoms with Gasteiger partial charge in [-0.2, -0.15) is 4.98 Å². The van der Waals surface area contributed by atoms with E-state index in [9.17, 15) is 43.8 Å². The first-order valence-corrected chi connectivity index (χ1v) is 14.6. The highest BCUT2D eigenvalue weighted by molar-refractivity contribution is 6.11. The van der Waals surface area contributed by atoms with Crippen LogP contribution >= 0.6 is 0 Å². The van der Waals surface area contributed by atoms with Gasteiger partial charge in [-0.1, -0.05) is 0 Å². The van der Waals surface area contributed by atoms with Crippen LogP contribution in [0.4, 0.5) is 11.6 Å². The number of nitrogens with one attached hydrogen (secondary N) is 4. The van der Waals surface area contributed by atoms with E-state index in [-0.39, 0.29) is 60.0 Å². The molecule has 2 aromatic heterocycles. The second kappa shape index (κ2) is 16.4. The molecule has 0 saturated heterocycles. The second-order valence-corrected chi connectivity index (χ2v) is 10.3. The summed E-state index contributed by atoms with van der Waals surface area (Å²) in [6.45, 7) is 0.157. The Kier molecular flexibility index (Phi) is 11.8. The van der Waals surface area contributed by atoms with Gasteiger partial charge in [0, 0.05) is 24.8 Å². The zero-order valence-electron chi connectivity index (χ0n) is 26.1. The van der Waals surface area contributed by atoms with Crippen molar-refractivity contribution in [1.29, 1.82) is 0 Å². The Morgan fingerprint density at radius 1 is 0.900 bits per heavy atom. The first-order valence-electron chi connectivity index (χ1n) is 14.6. The van der Waals surface area contributed by atoms with Gasteiger partial charge in [-0.05, 0) is 48.9 Å². The summed E-state index contributed by atoms with van der Waals surface area (Å²) in [7, 11) is 1.42. The molecule has 0 bridgehead atoms. The first kappa shape index (κ1) is 36.1. The molecule has 0 aliphatic carbocycles. The van der Waals surface area contributed by atoms with Crippen LogP contribution in [0.3, 0.4) is 0 Å². The first-order chi connectivity index (χ1) is 23.9. The SMILES string of the molecule is COCCOC(=O)c1ccc(C(=O)Nc2nc3ncc(CNc4ccc(C(=O)NC(CCC(=O)O)C(=O)O)cc4)nc3c(=O)[nH]2)c(C(=O)O)c1. The topological polar surface area (TPSA) is 289 Å². The van der Waals surface area contributed by atoms with Crippen LogP contribution in [0, 0.1) is 0 Å². The Hall–Kier alpha value is -6.76. The number of rotatable bonds is 16. The van der Waals surface area contributed by atoms with E-state index in [0.29, 0.717) is 11.4 Å². The number of aromatic nitrogens is 4. The Morgan fingerprint density at radius 2 is 1.62 bits per heavy atom. The van der Waals surface area contributed by atoms with Crippen LogP contribution in [-0.2, 0) is 25.6 Å². The molecule has 0 aliphatic rings. The molecule has 0 saturated carbocycles. The minimum absolute atomic E-state index is 0.0586. The highest BCUT2D eigenvalue weighted by atomic mass is 16.6. The summed E-state index contributed by atoms with van der Waals surface area (Å²) in [5.41, 5.74) is -0.981. The lowest BCUT2D eigenvalue weighted by molar-refractivity contribution is -0.140. The van der Waals surface area contributed by atoms with Gasteiger partial charge in [-0.3, -0.25) is 29.5 Å². The number of anilines is 2. The third-order valence-electron chi connectivity index (χ3n) is 6.82. The van der Waals surface area contributed by atoms with Gasteiger partial charge in [0.05, 0.1) is 41.7 Å². The molecular weight excluding hydrogens is 662 g/mol. The number of carbonyl (C=O) groups is 6. The van der Waals surface area contributed by atoms with Crippen molar-refractivity contribution < 1.29 is 53.6 Å². The third kappa shape index (κ3) is 9.41. The van der Waals surface area contributed by atoms with Crippen molar-refractivity contribution in [3.63, 3.8) is 0 Å². The summed E-state index contributed by atoms with van der Waals surface area (Å²) in [6, 6.07) is 7.87. The molecule has 0 fully saturated rings. The van der Waals surface area contributed by atoms with Crippen LogP contribution in [0.1, 0.15) is 60.0 Å². The number of methoxy groups -OCH3 is 1. The van der Waals surface area contributed by atoms with Crippen molar-refractivity contribution in [3.05, 3.63) is 87.0 Å². The Morgan fingerprint density at radius 3 is 2.28 bits per heavy atom. The Balaban J connectivity index is 1.41. The lowest BCUT2D eigenvalue weighted by Gasteiger charge is -2.14. The van der Waals surface area contributed by atoms with Gasteiger partial charge in [0.25, 0.3) is 17.4 Å². The Labute approximate surface area is 280 Å². The quantitative estimate of drug-likeness (QED) is 0.0640. The molecule has 2 amide bonds. The van der Waals surface area contributed by atoms with Gasteiger partial charge in [0.1, 0.15) is 12.6 Å². The van der Waals surface area contributed by atoms with Crippen LogP contribution in [0.2, 0.25) is 0 Å². The monoisotopic (exact) mass is 691 g/mol. The fourth-order valence-electron chi connectivity index (χ4n) is 4.32. The lowest BCUT2D eigenvalue weighted by Crippen LogP contribution is -2.41. The molecule has 50 heavy (non-hydrogen) atoms. The van der Waals surface area contributed by atoms with Crippen molar-refractivity contribution >= 4 is 58.5 Å². The molecule has 4 rings (SSSR count). The van der Waals surface area contributed by atoms with Crippen LogP contribution in [-0.4, -0.2) is 97.3 Å². The van der Waals surface area contributed by atoms with Crippen molar-refractivity contribution in [2.45, 2.75) is 25.4 Å². The number of hydrogen-bond donors (Lipinski definition) is 7. The van der Waals surface area contributed by atoms with Gasteiger partial charge in [-0.15, -0.1) is 0 Å².